The number of hydrogen-bond donors (Lipinski definition) is 1. The van der Waals surface area contributed by atoms with Crippen molar-refractivity contribution in [2.45, 2.75) is 26.0 Å². The highest BCUT2D eigenvalue weighted by molar-refractivity contribution is 7.92. The van der Waals surface area contributed by atoms with E-state index in [2.05, 4.69) is 5.32 Å². The number of fused-ring (bicyclic) bond motifs is 1. The van der Waals surface area contributed by atoms with Crippen LogP contribution in [0, 0.1) is 12.7 Å². The first-order chi connectivity index (χ1) is 12.6. The summed E-state index contributed by atoms with van der Waals surface area (Å²) in [5.74, 6) is -0.456. The highest BCUT2D eigenvalue weighted by Gasteiger charge is 2.35. The maximum Gasteiger partial charge on any atom is 0.263 e. The molecule has 0 saturated carbocycles. The number of amides is 1. The van der Waals surface area contributed by atoms with Crippen LogP contribution in [0.2, 0.25) is 0 Å². The van der Waals surface area contributed by atoms with Gasteiger partial charge in [-0.1, -0.05) is 18.2 Å². The van der Waals surface area contributed by atoms with E-state index in [9.17, 15) is 17.6 Å². The lowest BCUT2D eigenvalue weighted by atomic mass is 10.1. The average molecular weight is 392 g/mol. The number of halogens is 1. The summed E-state index contributed by atoms with van der Waals surface area (Å²) < 4.78 is 44.4. The van der Waals surface area contributed by atoms with E-state index in [1.54, 1.807) is 37.3 Å². The van der Waals surface area contributed by atoms with Crippen LogP contribution in [0.25, 0.3) is 0 Å². The second kappa shape index (κ2) is 7.19. The summed E-state index contributed by atoms with van der Waals surface area (Å²) in [6.07, 6.45) is 0.110. The fourth-order valence-electron chi connectivity index (χ4n) is 2.95. The van der Waals surface area contributed by atoms with Gasteiger partial charge in [-0.3, -0.25) is 9.10 Å². The van der Waals surface area contributed by atoms with Crippen molar-refractivity contribution < 1.29 is 22.3 Å². The second-order valence-corrected chi connectivity index (χ2v) is 8.56. The maximum absolute atomic E-state index is 13.1. The Morgan fingerprint density at radius 1 is 1.26 bits per heavy atom. The monoisotopic (exact) mass is 392 g/mol. The largest absolute Gasteiger partial charge is 0.476 e. The Kier molecular flexibility index (Phi) is 5.10. The van der Waals surface area contributed by atoms with Crippen LogP contribution in [0.1, 0.15) is 24.1 Å². The number of sulfonamides is 1. The topological polar surface area (TPSA) is 75.7 Å². The van der Waals surface area contributed by atoms with E-state index in [0.29, 0.717) is 11.4 Å². The first-order valence-corrected chi connectivity index (χ1v) is 10.3. The molecule has 0 spiro atoms. The van der Waals surface area contributed by atoms with Gasteiger partial charge in [0.05, 0.1) is 24.5 Å². The molecule has 8 heteroatoms. The van der Waals surface area contributed by atoms with E-state index in [1.807, 2.05) is 6.92 Å². The fraction of sp³-hybridized carbons (Fsp3) is 0.316. The van der Waals surface area contributed by atoms with Crippen molar-refractivity contribution in [1.82, 2.24) is 5.32 Å². The summed E-state index contributed by atoms with van der Waals surface area (Å²) >= 11 is 0. The van der Waals surface area contributed by atoms with Crippen molar-refractivity contribution in [2.24, 2.45) is 0 Å². The van der Waals surface area contributed by atoms with E-state index in [4.69, 9.17) is 4.74 Å². The molecule has 0 radical (unpaired) electrons. The molecule has 2 aromatic carbocycles. The first-order valence-electron chi connectivity index (χ1n) is 8.46. The number of carbonyl (C=O) groups is 1. The van der Waals surface area contributed by atoms with Gasteiger partial charge in [-0.2, -0.15) is 0 Å². The number of rotatable bonds is 4. The molecule has 0 saturated heterocycles. The molecule has 2 aromatic rings. The third kappa shape index (κ3) is 4.21. The quantitative estimate of drug-likeness (QED) is 0.868. The van der Waals surface area contributed by atoms with E-state index in [0.717, 1.165) is 17.4 Å². The van der Waals surface area contributed by atoms with Crippen molar-refractivity contribution in [1.29, 1.82) is 0 Å². The van der Waals surface area contributed by atoms with Crippen LogP contribution in [0.3, 0.4) is 0 Å². The van der Waals surface area contributed by atoms with Gasteiger partial charge in [-0.15, -0.1) is 0 Å². The second-order valence-electron chi connectivity index (χ2n) is 6.65. The predicted molar refractivity (Wildman–Crippen MR) is 101 cm³/mol. The van der Waals surface area contributed by atoms with E-state index >= 15 is 0 Å². The van der Waals surface area contributed by atoms with Crippen molar-refractivity contribution in [3.8, 4) is 5.75 Å². The Balaban J connectivity index is 1.81. The van der Waals surface area contributed by atoms with Crippen LogP contribution >= 0.6 is 0 Å². The summed E-state index contributed by atoms with van der Waals surface area (Å²) in [4.78, 5) is 12.7. The minimum Gasteiger partial charge on any atom is -0.476 e. The number of hydrogen-bond acceptors (Lipinski definition) is 4. The molecule has 1 N–H and O–H groups in total. The van der Waals surface area contributed by atoms with Crippen LogP contribution < -0.4 is 14.4 Å². The smallest absolute Gasteiger partial charge is 0.263 e. The van der Waals surface area contributed by atoms with Gasteiger partial charge in [0.2, 0.25) is 10.0 Å². The molecule has 2 unspecified atom stereocenters. The van der Waals surface area contributed by atoms with Gasteiger partial charge in [0, 0.05) is 0 Å². The van der Waals surface area contributed by atoms with Gasteiger partial charge >= 0.3 is 0 Å². The molecule has 0 bridgehead atoms. The van der Waals surface area contributed by atoms with E-state index in [-0.39, 0.29) is 18.4 Å². The number of anilines is 1. The molecule has 0 aliphatic carbocycles. The van der Waals surface area contributed by atoms with Crippen molar-refractivity contribution in [3.63, 3.8) is 0 Å². The van der Waals surface area contributed by atoms with Gasteiger partial charge in [-0.05, 0) is 49.2 Å². The average Bonchev–Trinajstić information content (AvgIpc) is 2.60. The Bertz CT molecular complexity index is 960. The molecule has 2 atom stereocenters. The summed E-state index contributed by atoms with van der Waals surface area (Å²) in [6, 6.07) is 10.6. The van der Waals surface area contributed by atoms with Gasteiger partial charge < -0.3 is 10.1 Å². The molecule has 1 heterocycles. The summed E-state index contributed by atoms with van der Waals surface area (Å²) in [5.41, 5.74) is 2.04. The van der Waals surface area contributed by atoms with Crippen LogP contribution in [-0.4, -0.2) is 33.2 Å². The first kappa shape index (κ1) is 19.2. The zero-order valence-electron chi connectivity index (χ0n) is 15.3. The maximum atomic E-state index is 13.1. The Morgan fingerprint density at radius 3 is 2.56 bits per heavy atom. The Hall–Kier alpha value is -2.61. The van der Waals surface area contributed by atoms with Crippen molar-refractivity contribution in [2.75, 3.05) is 17.1 Å². The SMILES string of the molecule is Cc1ccc2c(c1)N(S(C)(=O)=O)CC(C(=O)NC(C)c1ccc(F)cc1)O2. The molecule has 1 aliphatic rings. The fourth-order valence-corrected chi connectivity index (χ4v) is 3.86. The third-order valence-corrected chi connectivity index (χ3v) is 5.55. The predicted octanol–water partition coefficient (Wildman–Crippen LogP) is 2.54. The van der Waals surface area contributed by atoms with E-state index in [1.165, 1.54) is 16.4 Å². The van der Waals surface area contributed by atoms with Gasteiger partial charge in [0.15, 0.2) is 6.10 Å². The minimum atomic E-state index is -3.58. The van der Waals surface area contributed by atoms with Gasteiger partial charge in [0.25, 0.3) is 5.91 Å². The molecule has 0 aromatic heterocycles. The van der Waals surface area contributed by atoms with Crippen LogP contribution in [-0.2, 0) is 14.8 Å². The molecule has 27 heavy (non-hydrogen) atoms. The van der Waals surface area contributed by atoms with E-state index < -0.39 is 22.0 Å². The molecule has 6 nitrogen and oxygen atoms in total. The van der Waals surface area contributed by atoms with Crippen LogP contribution in [0.4, 0.5) is 10.1 Å². The zero-order chi connectivity index (χ0) is 19.8. The highest BCUT2D eigenvalue weighted by atomic mass is 32.2. The van der Waals surface area contributed by atoms with Crippen molar-refractivity contribution >= 4 is 21.6 Å². The van der Waals surface area contributed by atoms with Crippen molar-refractivity contribution in [3.05, 3.63) is 59.4 Å². The third-order valence-electron chi connectivity index (χ3n) is 4.41. The lowest BCUT2D eigenvalue weighted by Gasteiger charge is -2.34. The summed E-state index contributed by atoms with van der Waals surface area (Å²) in [7, 11) is -3.58. The molecule has 1 amide bonds. The standard InChI is InChI=1S/C19H21FN2O4S/c1-12-4-9-17-16(10-12)22(27(3,24)25)11-18(26-17)19(23)21-13(2)14-5-7-15(20)8-6-14/h4-10,13,18H,11H2,1-3H3,(H,21,23). The minimum absolute atomic E-state index is 0.114. The lowest BCUT2D eigenvalue weighted by molar-refractivity contribution is -0.128. The van der Waals surface area contributed by atoms with Crippen LogP contribution in [0.15, 0.2) is 42.5 Å². The molecule has 3 rings (SSSR count). The summed E-state index contributed by atoms with van der Waals surface area (Å²) in [6.45, 7) is 3.50. The lowest BCUT2D eigenvalue weighted by Crippen LogP contribution is -2.50. The number of aryl methyl sites for hydroxylation is 1. The molecule has 0 fully saturated rings. The Morgan fingerprint density at radius 2 is 1.93 bits per heavy atom. The highest BCUT2D eigenvalue weighted by Crippen LogP contribution is 2.35. The van der Waals surface area contributed by atoms with Crippen LogP contribution in [0.5, 0.6) is 5.75 Å². The molecular formula is C19H21FN2O4S. The number of ether oxygens (including phenoxy) is 1. The zero-order valence-corrected chi connectivity index (χ0v) is 16.1. The molecule has 1 aliphatic heterocycles. The number of benzene rings is 2. The normalized spacial score (nSPS) is 17.6. The summed E-state index contributed by atoms with van der Waals surface area (Å²) in [5, 5.41) is 2.79. The Labute approximate surface area is 158 Å². The molecule has 144 valence electrons. The number of nitrogens with one attached hydrogen (secondary N) is 1. The number of nitrogens with zero attached hydrogens (tertiary/aromatic N) is 1. The molecular weight excluding hydrogens is 371 g/mol. The number of carbonyl (C=O) groups excluding carboxylic acids is 1. The van der Waals surface area contributed by atoms with Gasteiger partial charge in [-0.25, -0.2) is 12.8 Å². The van der Waals surface area contributed by atoms with Gasteiger partial charge in [0.1, 0.15) is 11.6 Å².